The summed E-state index contributed by atoms with van der Waals surface area (Å²) in [6.45, 7) is 2.66. The van der Waals surface area contributed by atoms with Gasteiger partial charge in [0.2, 0.25) is 10.0 Å². The van der Waals surface area contributed by atoms with E-state index in [0.29, 0.717) is 13.0 Å². The molecule has 1 aliphatic heterocycles. The van der Waals surface area contributed by atoms with E-state index in [2.05, 4.69) is 11.1 Å². The van der Waals surface area contributed by atoms with Crippen molar-refractivity contribution in [3.8, 4) is 0 Å². The van der Waals surface area contributed by atoms with Gasteiger partial charge in [0.1, 0.15) is 0 Å². The summed E-state index contributed by atoms with van der Waals surface area (Å²) < 4.78 is 27.1. The second-order valence-corrected chi connectivity index (χ2v) is 8.70. The van der Waals surface area contributed by atoms with Crippen LogP contribution < -0.4 is 0 Å². The number of aromatic amines is 1. The largest absolute Gasteiger partial charge is 0.358 e. The number of rotatable bonds is 4. The molecule has 0 atom stereocenters. The molecule has 0 saturated heterocycles. The van der Waals surface area contributed by atoms with Crippen LogP contribution >= 0.6 is 0 Å². The number of H-pyrrole nitrogens is 1. The van der Waals surface area contributed by atoms with Crippen LogP contribution in [-0.4, -0.2) is 35.7 Å². The molecule has 2 heterocycles. The van der Waals surface area contributed by atoms with E-state index in [4.69, 9.17) is 0 Å². The molecule has 2 aromatic carbocycles. The van der Waals surface area contributed by atoms with Crippen molar-refractivity contribution in [2.45, 2.75) is 18.2 Å². The Morgan fingerprint density at radius 2 is 1.82 bits per heavy atom. The van der Waals surface area contributed by atoms with Gasteiger partial charge in [0, 0.05) is 47.4 Å². The Bertz CT molecular complexity index is 1190. The number of para-hydroxylation sites is 1. The van der Waals surface area contributed by atoms with Crippen molar-refractivity contribution in [3.63, 3.8) is 0 Å². The van der Waals surface area contributed by atoms with E-state index in [9.17, 15) is 18.5 Å². The van der Waals surface area contributed by atoms with E-state index in [1.165, 1.54) is 28.6 Å². The minimum absolute atomic E-state index is 0.0678. The molecule has 0 saturated carbocycles. The maximum absolute atomic E-state index is 12.9. The molecule has 1 aromatic heterocycles. The molecular weight excluding hydrogens is 378 g/mol. The molecule has 0 fully saturated rings. The predicted octanol–water partition coefficient (Wildman–Crippen LogP) is 3.86. The SMILES string of the molecule is Cc1[nH]c2ccccc2c1C1=CCN(S(=O)(=O)c2ccc([N+](=O)[O-])cc2)CC1. The number of aromatic nitrogens is 1. The summed E-state index contributed by atoms with van der Waals surface area (Å²) in [5, 5.41) is 11.9. The highest BCUT2D eigenvalue weighted by molar-refractivity contribution is 7.89. The van der Waals surface area contributed by atoms with Gasteiger partial charge in [-0.2, -0.15) is 4.31 Å². The fourth-order valence-electron chi connectivity index (χ4n) is 3.68. The molecule has 144 valence electrons. The van der Waals surface area contributed by atoms with E-state index < -0.39 is 14.9 Å². The number of nitrogens with one attached hydrogen (secondary N) is 1. The van der Waals surface area contributed by atoms with E-state index >= 15 is 0 Å². The zero-order valence-corrected chi connectivity index (χ0v) is 16.1. The van der Waals surface area contributed by atoms with Crippen molar-refractivity contribution < 1.29 is 13.3 Å². The van der Waals surface area contributed by atoms with Gasteiger partial charge in [-0.15, -0.1) is 0 Å². The average Bonchev–Trinajstić information content (AvgIpc) is 3.04. The highest BCUT2D eigenvalue weighted by atomic mass is 32.2. The Morgan fingerprint density at radius 1 is 1.11 bits per heavy atom. The van der Waals surface area contributed by atoms with Gasteiger partial charge in [0.25, 0.3) is 5.69 Å². The molecule has 28 heavy (non-hydrogen) atoms. The first-order valence-electron chi connectivity index (χ1n) is 8.89. The zero-order chi connectivity index (χ0) is 19.9. The fourth-order valence-corrected chi connectivity index (χ4v) is 5.06. The molecule has 0 spiro atoms. The number of benzene rings is 2. The molecule has 1 N–H and O–H groups in total. The topological polar surface area (TPSA) is 96.3 Å². The average molecular weight is 397 g/mol. The summed E-state index contributed by atoms with van der Waals surface area (Å²) in [6.07, 6.45) is 2.56. The first-order valence-corrected chi connectivity index (χ1v) is 10.3. The number of fused-ring (bicyclic) bond motifs is 1. The lowest BCUT2D eigenvalue weighted by Crippen LogP contribution is -2.34. The summed E-state index contributed by atoms with van der Waals surface area (Å²) >= 11 is 0. The Balaban J connectivity index is 1.61. The number of aryl methyl sites for hydroxylation is 1. The highest BCUT2D eigenvalue weighted by Gasteiger charge is 2.27. The number of nitrogens with zero attached hydrogens (tertiary/aromatic N) is 2. The van der Waals surface area contributed by atoms with Gasteiger partial charge >= 0.3 is 0 Å². The summed E-state index contributed by atoms with van der Waals surface area (Å²) in [6, 6.07) is 13.1. The van der Waals surface area contributed by atoms with E-state index in [1.54, 1.807) is 0 Å². The van der Waals surface area contributed by atoms with Gasteiger partial charge in [-0.25, -0.2) is 8.42 Å². The van der Waals surface area contributed by atoms with Crippen molar-refractivity contribution in [2.75, 3.05) is 13.1 Å². The van der Waals surface area contributed by atoms with Gasteiger partial charge in [-0.1, -0.05) is 24.3 Å². The lowest BCUT2D eigenvalue weighted by molar-refractivity contribution is -0.384. The quantitative estimate of drug-likeness (QED) is 0.534. The lowest BCUT2D eigenvalue weighted by Gasteiger charge is -2.26. The number of non-ortho nitro benzene ring substituents is 1. The first-order chi connectivity index (χ1) is 13.4. The zero-order valence-electron chi connectivity index (χ0n) is 15.3. The fraction of sp³-hybridized carbons (Fsp3) is 0.200. The van der Waals surface area contributed by atoms with Crippen LogP contribution in [0.5, 0.6) is 0 Å². The van der Waals surface area contributed by atoms with Crippen molar-refractivity contribution in [1.29, 1.82) is 0 Å². The Hall–Kier alpha value is -2.97. The Labute approximate surface area is 162 Å². The van der Waals surface area contributed by atoms with Crippen molar-refractivity contribution >= 4 is 32.2 Å². The van der Waals surface area contributed by atoms with Gasteiger partial charge in [0.05, 0.1) is 9.82 Å². The van der Waals surface area contributed by atoms with Gasteiger partial charge in [-0.05, 0) is 37.1 Å². The second-order valence-electron chi connectivity index (χ2n) is 6.76. The summed E-state index contributed by atoms with van der Waals surface area (Å²) in [5.41, 5.74) is 4.28. The monoisotopic (exact) mass is 397 g/mol. The molecule has 8 heteroatoms. The third-order valence-electron chi connectivity index (χ3n) is 5.07. The Kier molecular flexibility index (Phi) is 4.52. The number of sulfonamides is 1. The van der Waals surface area contributed by atoms with Crippen LogP contribution in [0.4, 0.5) is 5.69 Å². The van der Waals surface area contributed by atoms with Crippen LogP contribution in [0.2, 0.25) is 0 Å². The molecule has 0 aliphatic carbocycles. The number of nitro benzene ring substituents is 1. The first kappa shape index (κ1) is 18.4. The van der Waals surface area contributed by atoms with Crippen molar-refractivity contribution in [2.24, 2.45) is 0 Å². The lowest BCUT2D eigenvalue weighted by atomic mass is 9.97. The molecule has 4 rings (SSSR count). The standard InChI is InChI=1S/C20H19N3O4S/c1-14-20(18-4-2-3-5-19(18)21-14)15-10-12-22(13-11-15)28(26,27)17-8-6-16(7-9-17)23(24)25/h2-10,21H,11-13H2,1H3. The molecule has 0 radical (unpaired) electrons. The second kappa shape index (κ2) is 6.88. The van der Waals surface area contributed by atoms with Gasteiger partial charge in [-0.3, -0.25) is 10.1 Å². The van der Waals surface area contributed by atoms with Crippen LogP contribution in [0.1, 0.15) is 17.7 Å². The minimum Gasteiger partial charge on any atom is -0.358 e. The summed E-state index contributed by atoms with van der Waals surface area (Å²) in [5.74, 6) is 0. The van der Waals surface area contributed by atoms with E-state index in [-0.39, 0.29) is 17.1 Å². The van der Waals surface area contributed by atoms with Crippen LogP contribution in [0.25, 0.3) is 16.5 Å². The van der Waals surface area contributed by atoms with Crippen LogP contribution in [-0.2, 0) is 10.0 Å². The molecule has 0 unspecified atom stereocenters. The van der Waals surface area contributed by atoms with Crippen molar-refractivity contribution in [1.82, 2.24) is 9.29 Å². The molecular formula is C20H19N3O4S. The molecule has 3 aromatic rings. The number of hydrogen-bond acceptors (Lipinski definition) is 4. The minimum atomic E-state index is -3.69. The van der Waals surface area contributed by atoms with Crippen LogP contribution in [0.15, 0.2) is 59.5 Å². The smallest absolute Gasteiger partial charge is 0.269 e. The number of nitro groups is 1. The summed E-state index contributed by atoms with van der Waals surface area (Å²) in [4.78, 5) is 13.7. The highest BCUT2D eigenvalue weighted by Crippen LogP contribution is 2.33. The molecule has 0 amide bonds. The van der Waals surface area contributed by atoms with Gasteiger partial charge in [0.15, 0.2) is 0 Å². The van der Waals surface area contributed by atoms with Crippen LogP contribution in [0, 0.1) is 17.0 Å². The third kappa shape index (κ3) is 3.10. The molecule has 7 nitrogen and oxygen atoms in total. The normalized spacial score (nSPS) is 15.5. The van der Waals surface area contributed by atoms with E-state index in [0.717, 1.165) is 27.7 Å². The van der Waals surface area contributed by atoms with E-state index in [1.807, 2.05) is 31.2 Å². The maximum Gasteiger partial charge on any atom is 0.269 e. The third-order valence-corrected chi connectivity index (χ3v) is 6.95. The van der Waals surface area contributed by atoms with Crippen LogP contribution in [0.3, 0.4) is 0 Å². The predicted molar refractivity (Wildman–Crippen MR) is 107 cm³/mol. The maximum atomic E-state index is 12.9. The van der Waals surface area contributed by atoms with Gasteiger partial charge < -0.3 is 4.98 Å². The van der Waals surface area contributed by atoms with Crippen molar-refractivity contribution in [3.05, 3.63) is 76.0 Å². The summed E-state index contributed by atoms with van der Waals surface area (Å²) in [7, 11) is -3.69. The molecule has 0 bridgehead atoms. The molecule has 1 aliphatic rings. The number of hydrogen-bond donors (Lipinski definition) is 1. The Morgan fingerprint density at radius 3 is 2.46 bits per heavy atom.